The van der Waals surface area contributed by atoms with Crippen molar-refractivity contribution >= 4 is 16.9 Å². The summed E-state index contributed by atoms with van der Waals surface area (Å²) < 4.78 is 7.92. The lowest BCUT2D eigenvalue weighted by Gasteiger charge is -2.19. The van der Waals surface area contributed by atoms with E-state index in [4.69, 9.17) is 4.74 Å². The first-order chi connectivity index (χ1) is 13.5. The van der Waals surface area contributed by atoms with Crippen molar-refractivity contribution in [2.45, 2.75) is 52.5 Å². The first kappa shape index (κ1) is 20.0. The van der Waals surface area contributed by atoms with Crippen LogP contribution in [0.3, 0.4) is 0 Å². The highest BCUT2D eigenvalue weighted by atomic mass is 16.5. The predicted molar refractivity (Wildman–Crippen MR) is 114 cm³/mol. The molecule has 0 radical (unpaired) electrons. The minimum absolute atomic E-state index is 0.321. The number of fused-ring (bicyclic) bond motifs is 1. The van der Waals surface area contributed by atoms with E-state index in [9.17, 15) is 9.90 Å². The Morgan fingerprint density at radius 3 is 2.46 bits per heavy atom. The van der Waals surface area contributed by atoms with Gasteiger partial charge in [0.25, 0.3) is 0 Å². The van der Waals surface area contributed by atoms with Gasteiger partial charge in [-0.05, 0) is 74.4 Å². The lowest BCUT2D eigenvalue weighted by molar-refractivity contribution is 0.0697. The summed E-state index contributed by atoms with van der Waals surface area (Å²) in [6.07, 6.45) is 4.72. The Hall–Kier alpha value is -2.75. The first-order valence-corrected chi connectivity index (χ1v) is 10.2. The van der Waals surface area contributed by atoms with Gasteiger partial charge in [0.2, 0.25) is 0 Å². The average Bonchev–Trinajstić information content (AvgIpc) is 3.07. The summed E-state index contributed by atoms with van der Waals surface area (Å²) >= 11 is 0. The molecule has 1 heterocycles. The largest absolute Gasteiger partial charge is 0.494 e. The fourth-order valence-corrected chi connectivity index (χ4v) is 3.77. The number of aromatic nitrogens is 1. The molecule has 0 bridgehead atoms. The highest BCUT2D eigenvalue weighted by Crippen LogP contribution is 2.34. The van der Waals surface area contributed by atoms with Gasteiger partial charge in [-0.1, -0.05) is 26.2 Å². The van der Waals surface area contributed by atoms with Crippen molar-refractivity contribution in [3.05, 3.63) is 54.1 Å². The molecule has 0 spiro atoms. The van der Waals surface area contributed by atoms with Crippen molar-refractivity contribution in [3.8, 4) is 17.0 Å². The zero-order valence-corrected chi connectivity index (χ0v) is 16.9. The molecular formula is C24H29NO3. The monoisotopic (exact) mass is 379 g/mol. The van der Waals surface area contributed by atoms with Crippen LogP contribution >= 0.6 is 0 Å². The van der Waals surface area contributed by atoms with E-state index in [1.165, 1.54) is 19.3 Å². The maximum absolute atomic E-state index is 11.4. The predicted octanol–water partition coefficient (Wildman–Crippen LogP) is 6.55. The summed E-state index contributed by atoms with van der Waals surface area (Å²) in [5.74, 6) is -0.0358. The van der Waals surface area contributed by atoms with Gasteiger partial charge in [-0.15, -0.1) is 0 Å². The number of benzene rings is 2. The second-order valence-electron chi connectivity index (χ2n) is 7.28. The fourth-order valence-electron chi connectivity index (χ4n) is 3.77. The molecule has 2 aromatic carbocycles. The van der Waals surface area contributed by atoms with Gasteiger partial charge in [-0.2, -0.15) is 0 Å². The highest BCUT2D eigenvalue weighted by molar-refractivity contribution is 5.95. The molecule has 0 aliphatic carbocycles. The molecule has 1 aromatic heterocycles. The van der Waals surface area contributed by atoms with Gasteiger partial charge in [0.15, 0.2) is 0 Å². The average molecular weight is 380 g/mol. The Kier molecular flexibility index (Phi) is 6.40. The number of hydrogen-bond acceptors (Lipinski definition) is 2. The Balaban J connectivity index is 2.07. The molecule has 1 unspecified atom stereocenters. The maximum atomic E-state index is 11.4. The van der Waals surface area contributed by atoms with E-state index in [1.54, 1.807) is 12.1 Å². The number of unbranched alkanes of at least 4 members (excludes halogenated alkanes) is 2. The van der Waals surface area contributed by atoms with Crippen LogP contribution in [-0.4, -0.2) is 22.2 Å². The van der Waals surface area contributed by atoms with E-state index < -0.39 is 5.97 Å². The van der Waals surface area contributed by atoms with Gasteiger partial charge in [0.05, 0.1) is 12.2 Å². The van der Waals surface area contributed by atoms with Crippen molar-refractivity contribution in [2.75, 3.05) is 6.61 Å². The quantitative estimate of drug-likeness (QED) is 0.429. The molecule has 0 aliphatic rings. The Bertz CT molecular complexity index is 940. The molecule has 0 saturated carbocycles. The van der Waals surface area contributed by atoms with Crippen LogP contribution in [0.4, 0.5) is 0 Å². The third-order valence-electron chi connectivity index (χ3n) is 5.21. The van der Waals surface area contributed by atoms with Gasteiger partial charge in [0.1, 0.15) is 5.75 Å². The lowest BCUT2D eigenvalue weighted by atomic mass is 10.1. The molecule has 1 atom stereocenters. The number of nitrogens with zero attached hydrogens (tertiary/aromatic N) is 1. The van der Waals surface area contributed by atoms with Crippen molar-refractivity contribution < 1.29 is 14.6 Å². The Morgan fingerprint density at radius 1 is 1.07 bits per heavy atom. The molecular weight excluding hydrogens is 350 g/mol. The Labute approximate surface area is 166 Å². The van der Waals surface area contributed by atoms with Crippen LogP contribution in [0.1, 0.15) is 62.9 Å². The van der Waals surface area contributed by atoms with E-state index in [-0.39, 0.29) is 0 Å². The summed E-state index contributed by atoms with van der Waals surface area (Å²) in [6, 6.07) is 16.0. The third kappa shape index (κ3) is 4.22. The zero-order valence-electron chi connectivity index (χ0n) is 16.9. The smallest absolute Gasteiger partial charge is 0.335 e. The number of hydrogen-bond donors (Lipinski definition) is 1. The van der Waals surface area contributed by atoms with Crippen LogP contribution in [-0.2, 0) is 0 Å². The van der Waals surface area contributed by atoms with Crippen LogP contribution in [0.5, 0.6) is 5.75 Å². The number of ether oxygens (including phenoxy) is 1. The number of aromatic carboxylic acids is 1. The van der Waals surface area contributed by atoms with Crippen LogP contribution < -0.4 is 4.74 Å². The van der Waals surface area contributed by atoms with Crippen molar-refractivity contribution in [1.29, 1.82) is 0 Å². The van der Waals surface area contributed by atoms with Gasteiger partial charge in [-0.25, -0.2) is 4.79 Å². The second-order valence-corrected chi connectivity index (χ2v) is 7.28. The summed E-state index contributed by atoms with van der Waals surface area (Å²) in [4.78, 5) is 11.4. The minimum atomic E-state index is -0.895. The van der Waals surface area contributed by atoms with Crippen molar-refractivity contribution in [3.63, 3.8) is 0 Å². The standard InChI is InChI=1S/C24H29NO3/c1-4-6-7-8-17(3)25-22-14-11-19(24(26)27)15-20(22)16-23(25)18-9-12-21(13-10-18)28-5-2/h9-17H,4-8H2,1-3H3,(H,26,27). The van der Waals surface area contributed by atoms with Crippen LogP contribution in [0.2, 0.25) is 0 Å². The molecule has 1 N–H and O–H groups in total. The van der Waals surface area contributed by atoms with Crippen LogP contribution in [0, 0.1) is 0 Å². The number of rotatable bonds is 9. The molecule has 148 valence electrons. The van der Waals surface area contributed by atoms with E-state index in [0.29, 0.717) is 18.2 Å². The minimum Gasteiger partial charge on any atom is -0.494 e. The van der Waals surface area contributed by atoms with E-state index in [2.05, 4.69) is 36.6 Å². The van der Waals surface area contributed by atoms with Gasteiger partial charge >= 0.3 is 5.97 Å². The van der Waals surface area contributed by atoms with E-state index in [1.807, 2.05) is 25.1 Å². The van der Waals surface area contributed by atoms with Crippen molar-refractivity contribution in [1.82, 2.24) is 4.57 Å². The Morgan fingerprint density at radius 2 is 1.82 bits per heavy atom. The zero-order chi connectivity index (χ0) is 20.1. The summed E-state index contributed by atoms with van der Waals surface area (Å²) in [7, 11) is 0. The number of carboxylic acid groups (broad SMARTS) is 1. The summed E-state index contributed by atoms with van der Waals surface area (Å²) in [5.41, 5.74) is 3.63. The molecule has 0 saturated heterocycles. The molecule has 3 rings (SSSR count). The molecule has 4 heteroatoms. The normalized spacial score (nSPS) is 12.2. The van der Waals surface area contributed by atoms with E-state index >= 15 is 0 Å². The van der Waals surface area contributed by atoms with E-state index in [0.717, 1.165) is 34.3 Å². The van der Waals surface area contributed by atoms with Crippen LogP contribution in [0.15, 0.2) is 48.5 Å². The number of carboxylic acids is 1. The molecule has 28 heavy (non-hydrogen) atoms. The molecule has 0 amide bonds. The second kappa shape index (κ2) is 8.96. The molecule has 0 aliphatic heterocycles. The lowest BCUT2D eigenvalue weighted by Crippen LogP contribution is -2.07. The van der Waals surface area contributed by atoms with Gasteiger partial charge in [0, 0.05) is 22.6 Å². The highest BCUT2D eigenvalue weighted by Gasteiger charge is 2.17. The molecule has 0 fully saturated rings. The van der Waals surface area contributed by atoms with Gasteiger partial charge in [-0.3, -0.25) is 0 Å². The SMILES string of the molecule is CCCCCC(C)n1c(-c2ccc(OCC)cc2)cc2cc(C(=O)O)ccc21. The van der Waals surface area contributed by atoms with Gasteiger partial charge < -0.3 is 14.4 Å². The first-order valence-electron chi connectivity index (χ1n) is 10.2. The molecule has 3 aromatic rings. The maximum Gasteiger partial charge on any atom is 0.335 e. The van der Waals surface area contributed by atoms with Crippen LogP contribution in [0.25, 0.3) is 22.2 Å². The molecule has 4 nitrogen and oxygen atoms in total. The summed E-state index contributed by atoms with van der Waals surface area (Å²) in [6.45, 7) is 7.09. The third-order valence-corrected chi connectivity index (χ3v) is 5.21. The topological polar surface area (TPSA) is 51.5 Å². The summed E-state index contributed by atoms with van der Waals surface area (Å²) in [5, 5.41) is 10.3. The van der Waals surface area contributed by atoms with Crippen molar-refractivity contribution in [2.24, 2.45) is 0 Å². The number of carbonyl (C=O) groups is 1. The fraction of sp³-hybridized carbons (Fsp3) is 0.375.